The number of amides is 3. The van der Waals surface area contributed by atoms with Crippen molar-refractivity contribution in [1.82, 2.24) is 15.5 Å². The maximum absolute atomic E-state index is 12.6. The van der Waals surface area contributed by atoms with Crippen molar-refractivity contribution in [2.24, 2.45) is 0 Å². The molecule has 8 heteroatoms. The number of carbonyl (C=O) groups excluding carboxylic acids is 4. The lowest BCUT2D eigenvalue weighted by Gasteiger charge is -2.27. The van der Waals surface area contributed by atoms with Crippen LogP contribution in [0.3, 0.4) is 0 Å². The van der Waals surface area contributed by atoms with Crippen LogP contribution in [0.2, 0.25) is 0 Å². The fraction of sp³-hybridized carbons (Fsp3) is 0.474. The van der Waals surface area contributed by atoms with Crippen LogP contribution in [0, 0.1) is 0 Å². The number of hydrogen-bond donors (Lipinski definition) is 2. The van der Waals surface area contributed by atoms with Gasteiger partial charge in [0.2, 0.25) is 11.7 Å². The summed E-state index contributed by atoms with van der Waals surface area (Å²) in [7, 11) is 0. The Bertz CT molecular complexity index is 671. The third-order valence-corrected chi connectivity index (χ3v) is 4.23. The fourth-order valence-electron chi connectivity index (χ4n) is 2.76. The predicted molar refractivity (Wildman–Crippen MR) is 97.7 cm³/mol. The van der Waals surface area contributed by atoms with Gasteiger partial charge >= 0.3 is 6.09 Å². The molecule has 146 valence electrons. The van der Waals surface area contributed by atoms with Crippen LogP contribution in [0.4, 0.5) is 4.79 Å². The van der Waals surface area contributed by atoms with E-state index in [1.54, 1.807) is 12.1 Å². The highest BCUT2D eigenvalue weighted by Crippen LogP contribution is 2.10. The van der Waals surface area contributed by atoms with Gasteiger partial charge in [0, 0.05) is 26.6 Å². The van der Waals surface area contributed by atoms with E-state index in [4.69, 9.17) is 4.74 Å². The van der Waals surface area contributed by atoms with Crippen LogP contribution < -0.4 is 10.6 Å². The first kappa shape index (κ1) is 20.4. The van der Waals surface area contributed by atoms with E-state index in [1.165, 1.54) is 11.8 Å². The van der Waals surface area contributed by atoms with Crippen molar-refractivity contribution in [3.8, 4) is 0 Å². The Morgan fingerprint density at radius 3 is 2.37 bits per heavy atom. The number of hydrogen-bond acceptors (Lipinski definition) is 5. The summed E-state index contributed by atoms with van der Waals surface area (Å²) >= 11 is 0. The van der Waals surface area contributed by atoms with Crippen molar-refractivity contribution >= 4 is 23.7 Å². The molecular formula is C19H25N3O5. The van der Waals surface area contributed by atoms with E-state index in [-0.39, 0.29) is 19.1 Å². The molecule has 1 aromatic carbocycles. The number of piperidine rings is 1. The monoisotopic (exact) mass is 375 g/mol. The number of ketones is 1. The van der Waals surface area contributed by atoms with Crippen molar-refractivity contribution in [2.75, 3.05) is 19.6 Å². The second kappa shape index (κ2) is 10.3. The predicted octanol–water partition coefficient (Wildman–Crippen LogP) is 0.999. The lowest BCUT2D eigenvalue weighted by molar-refractivity contribution is -0.146. The van der Waals surface area contributed by atoms with Gasteiger partial charge in [0.05, 0.1) is 0 Å². The van der Waals surface area contributed by atoms with E-state index in [2.05, 4.69) is 10.6 Å². The summed E-state index contributed by atoms with van der Waals surface area (Å²) in [6.07, 6.45) is 1.90. The molecule has 1 aliphatic heterocycles. The Hall–Kier alpha value is -2.90. The molecule has 1 heterocycles. The van der Waals surface area contributed by atoms with Gasteiger partial charge in [0.25, 0.3) is 5.91 Å². The minimum absolute atomic E-state index is 0.0355. The van der Waals surface area contributed by atoms with Gasteiger partial charge in [0.15, 0.2) is 0 Å². The van der Waals surface area contributed by atoms with Crippen LogP contribution in [0.25, 0.3) is 0 Å². The van der Waals surface area contributed by atoms with Gasteiger partial charge in [-0.2, -0.15) is 0 Å². The molecule has 3 amide bonds. The Morgan fingerprint density at radius 1 is 1.07 bits per heavy atom. The standard InChI is InChI=1S/C19H25N3O5/c1-14(23)20-12-16(17(24)18(25)22-10-6-3-7-11-22)21-19(26)27-13-15-8-4-2-5-9-15/h2,4-5,8-9,16H,3,6-7,10-13H2,1H3,(H,20,23)(H,21,26). The lowest BCUT2D eigenvalue weighted by Crippen LogP contribution is -2.54. The highest BCUT2D eigenvalue weighted by Gasteiger charge is 2.31. The molecule has 1 saturated heterocycles. The second-order valence-corrected chi connectivity index (χ2v) is 6.41. The normalized spacial score (nSPS) is 14.8. The summed E-state index contributed by atoms with van der Waals surface area (Å²) in [4.78, 5) is 49.7. The van der Waals surface area contributed by atoms with Crippen LogP contribution in [0.5, 0.6) is 0 Å². The molecule has 1 atom stereocenters. The van der Waals surface area contributed by atoms with Crippen LogP contribution >= 0.6 is 0 Å². The summed E-state index contributed by atoms with van der Waals surface area (Å²) < 4.78 is 5.10. The molecule has 0 aliphatic carbocycles. The van der Waals surface area contributed by atoms with E-state index in [0.717, 1.165) is 24.8 Å². The van der Waals surface area contributed by atoms with E-state index in [9.17, 15) is 19.2 Å². The molecule has 1 aliphatic rings. The van der Waals surface area contributed by atoms with Gasteiger partial charge in [-0.3, -0.25) is 14.4 Å². The van der Waals surface area contributed by atoms with Gasteiger partial charge in [-0.1, -0.05) is 30.3 Å². The van der Waals surface area contributed by atoms with Gasteiger partial charge in [-0.15, -0.1) is 0 Å². The summed E-state index contributed by atoms with van der Waals surface area (Å²) in [6, 6.07) is 7.90. The third kappa shape index (κ3) is 6.73. The molecule has 1 aromatic rings. The molecule has 0 spiro atoms. The summed E-state index contributed by atoms with van der Waals surface area (Å²) in [5.74, 6) is -1.77. The Labute approximate surface area is 158 Å². The van der Waals surface area contributed by atoms with Crippen molar-refractivity contribution in [2.45, 2.75) is 38.8 Å². The summed E-state index contributed by atoms with van der Waals surface area (Å²) in [5.41, 5.74) is 0.793. The largest absolute Gasteiger partial charge is 0.445 e. The van der Waals surface area contributed by atoms with E-state index >= 15 is 0 Å². The Kier molecular flexibility index (Phi) is 7.79. The number of benzene rings is 1. The number of Topliss-reactive ketones (excluding diaryl/α,β-unsaturated/α-hetero) is 1. The summed E-state index contributed by atoms with van der Waals surface area (Å²) in [5, 5.41) is 4.85. The van der Waals surface area contributed by atoms with E-state index in [0.29, 0.717) is 13.1 Å². The smallest absolute Gasteiger partial charge is 0.408 e. The third-order valence-electron chi connectivity index (χ3n) is 4.23. The molecular weight excluding hydrogens is 350 g/mol. The van der Waals surface area contributed by atoms with Crippen LogP contribution in [0.1, 0.15) is 31.7 Å². The van der Waals surface area contributed by atoms with Crippen LogP contribution in [-0.2, 0) is 25.7 Å². The molecule has 1 fully saturated rings. The van der Waals surface area contributed by atoms with Crippen molar-refractivity contribution in [3.05, 3.63) is 35.9 Å². The number of likely N-dealkylation sites (tertiary alicyclic amines) is 1. The zero-order valence-electron chi connectivity index (χ0n) is 15.4. The molecule has 0 aromatic heterocycles. The summed E-state index contributed by atoms with van der Waals surface area (Å²) in [6.45, 7) is 2.20. The molecule has 2 rings (SSSR count). The van der Waals surface area contributed by atoms with Crippen LogP contribution in [-0.4, -0.2) is 54.3 Å². The zero-order chi connectivity index (χ0) is 19.6. The fourth-order valence-corrected chi connectivity index (χ4v) is 2.76. The maximum atomic E-state index is 12.6. The van der Waals surface area contributed by atoms with E-state index in [1.807, 2.05) is 18.2 Å². The Balaban J connectivity index is 1.95. The minimum Gasteiger partial charge on any atom is -0.445 e. The number of rotatable bonds is 7. The van der Waals surface area contributed by atoms with Crippen molar-refractivity contribution in [3.63, 3.8) is 0 Å². The SMILES string of the molecule is CC(=O)NCC(NC(=O)OCc1ccccc1)C(=O)C(=O)N1CCCCC1. The van der Waals surface area contributed by atoms with Crippen molar-refractivity contribution < 1.29 is 23.9 Å². The average Bonchev–Trinajstić information content (AvgIpc) is 2.69. The number of ether oxygens (including phenoxy) is 1. The highest BCUT2D eigenvalue weighted by atomic mass is 16.5. The van der Waals surface area contributed by atoms with Gasteiger partial charge in [-0.25, -0.2) is 4.79 Å². The number of nitrogens with one attached hydrogen (secondary N) is 2. The lowest BCUT2D eigenvalue weighted by atomic mass is 10.1. The molecule has 1 unspecified atom stereocenters. The number of alkyl carbamates (subject to hydrolysis) is 1. The molecule has 0 bridgehead atoms. The average molecular weight is 375 g/mol. The van der Waals surface area contributed by atoms with Crippen molar-refractivity contribution in [1.29, 1.82) is 0 Å². The van der Waals surface area contributed by atoms with Crippen LogP contribution in [0.15, 0.2) is 30.3 Å². The second-order valence-electron chi connectivity index (χ2n) is 6.41. The first-order valence-corrected chi connectivity index (χ1v) is 9.02. The molecule has 0 radical (unpaired) electrons. The maximum Gasteiger partial charge on any atom is 0.408 e. The molecule has 27 heavy (non-hydrogen) atoms. The molecule has 8 nitrogen and oxygen atoms in total. The van der Waals surface area contributed by atoms with E-state index < -0.39 is 23.8 Å². The molecule has 2 N–H and O–H groups in total. The quantitative estimate of drug-likeness (QED) is 0.692. The number of carbonyl (C=O) groups is 4. The minimum atomic E-state index is -1.17. The zero-order valence-corrected chi connectivity index (χ0v) is 15.4. The Morgan fingerprint density at radius 2 is 1.74 bits per heavy atom. The van der Waals surface area contributed by atoms with Gasteiger partial charge in [0.1, 0.15) is 12.6 Å². The topological polar surface area (TPSA) is 105 Å². The van der Waals surface area contributed by atoms with Gasteiger partial charge < -0.3 is 20.3 Å². The molecule has 0 saturated carbocycles. The first-order chi connectivity index (χ1) is 13.0. The number of nitrogens with zero attached hydrogens (tertiary/aromatic N) is 1. The highest BCUT2D eigenvalue weighted by molar-refractivity contribution is 6.38. The van der Waals surface area contributed by atoms with Gasteiger partial charge in [-0.05, 0) is 24.8 Å². The first-order valence-electron chi connectivity index (χ1n) is 9.02.